The van der Waals surface area contributed by atoms with Gasteiger partial charge < -0.3 is 30.1 Å². The minimum absolute atomic E-state index is 0.0664. The Labute approximate surface area is 274 Å². The number of methoxy groups -OCH3 is 1. The minimum Gasteiger partial charge on any atom is -0.494 e. The van der Waals surface area contributed by atoms with Gasteiger partial charge in [-0.25, -0.2) is 9.59 Å². The second kappa shape index (κ2) is 24.0. The second-order valence-electron chi connectivity index (χ2n) is 11.9. The topological polar surface area (TPSA) is 159 Å². The second-order valence-corrected chi connectivity index (χ2v) is 11.9. The average molecular weight is 648 g/mol. The molecule has 0 aliphatic rings. The Morgan fingerprint density at radius 2 is 1.50 bits per heavy atom. The maximum Gasteiger partial charge on any atom is 0.336 e. The first-order valence-electron chi connectivity index (χ1n) is 17.0. The predicted octanol–water partition coefficient (Wildman–Crippen LogP) is 5.71. The summed E-state index contributed by atoms with van der Waals surface area (Å²) in [7, 11) is 1.19. The quantitative estimate of drug-likeness (QED) is 0.0533. The molecule has 260 valence electrons. The summed E-state index contributed by atoms with van der Waals surface area (Å²) in [5.41, 5.74) is -1.88. The molecular weight excluding hydrogens is 590 g/mol. The Morgan fingerprint density at radius 1 is 0.891 bits per heavy atom. The Balaban J connectivity index is 2.81. The summed E-state index contributed by atoms with van der Waals surface area (Å²) < 4.78 is 10.6. The maximum absolute atomic E-state index is 13.5. The van der Waals surface area contributed by atoms with Crippen LogP contribution in [0.25, 0.3) is 0 Å². The first-order chi connectivity index (χ1) is 22.1. The van der Waals surface area contributed by atoms with Crippen molar-refractivity contribution in [2.45, 2.75) is 128 Å². The molecule has 46 heavy (non-hydrogen) atoms. The summed E-state index contributed by atoms with van der Waals surface area (Å²) in [6.45, 7) is 4.16. The fourth-order valence-corrected chi connectivity index (χ4v) is 5.14. The molecule has 4 N–H and O–H groups in total. The van der Waals surface area contributed by atoms with Gasteiger partial charge in [0.2, 0.25) is 5.91 Å². The molecule has 0 saturated carbocycles. The molecule has 3 atom stereocenters. The van der Waals surface area contributed by atoms with Gasteiger partial charge in [0.1, 0.15) is 17.6 Å². The van der Waals surface area contributed by atoms with Gasteiger partial charge in [0, 0.05) is 32.3 Å². The number of carboxylic acids is 1. The number of aliphatic hydroxyl groups is 2. The van der Waals surface area contributed by atoms with Crippen LogP contribution in [-0.2, 0) is 30.3 Å². The van der Waals surface area contributed by atoms with E-state index in [9.17, 15) is 34.5 Å². The number of benzene rings is 1. The predicted molar refractivity (Wildman–Crippen MR) is 177 cm³/mol. The summed E-state index contributed by atoms with van der Waals surface area (Å²) in [5.74, 6) is -3.85. The largest absolute Gasteiger partial charge is 0.494 e. The van der Waals surface area contributed by atoms with E-state index >= 15 is 0 Å². The lowest BCUT2D eigenvalue weighted by molar-refractivity contribution is -0.168. The number of carbonyl (C=O) groups excluding carboxylic acids is 3. The van der Waals surface area contributed by atoms with Gasteiger partial charge >= 0.3 is 11.9 Å². The molecule has 10 nitrogen and oxygen atoms in total. The van der Waals surface area contributed by atoms with E-state index in [0.717, 1.165) is 51.4 Å². The monoisotopic (exact) mass is 647 g/mol. The van der Waals surface area contributed by atoms with Gasteiger partial charge in [0.25, 0.3) is 0 Å². The number of carbonyl (C=O) groups is 4. The van der Waals surface area contributed by atoms with Crippen LogP contribution in [0.15, 0.2) is 36.4 Å². The van der Waals surface area contributed by atoms with Gasteiger partial charge in [-0.1, -0.05) is 83.1 Å². The van der Waals surface area contributed by atoms with E-state index in [0.29, 0.717) is 43.0 Å². The van der Waals surface area contributed by atoms with Crippen LogP contribution in [0.4, 0.5) is 0 Å². The smallest absolute Gasteiger partial charge is 0.336 e. The number of hydrogen-bond acceptors (Lipinski definition) is 8. The number of nitrogens with one attached hydrogen (secondary N) is 1. The molecule has 2 unspecified atom stereocenters. The lowest BCUT2D eigenvalue weighted by Crippen LogP contribution is -2.55. The fourth-order valence-electron chi connectivity index (χ4n) is 5.14. The molecule has 1 rings (SSSR count). The van der Waals surface area contributed by atoms with E-state index < -0.39 is 48.4 Å². The molecule has 0 radical (unpaired) electrons. The van der Waals surface area contributed by atoms with Crippen molar-refractivity contribution < 1.29 is 44.0 Å². The molecule has 0 aliphatic heterocycles. The number of ether oxygens (including phenoxy) is 2. The van der Waals surface area contributed by atoms with E-state index in [2.05, 4.69) is 19.2 Å². The number of Topliss-reactive ketones (excluding diaryl/α,β-unsaturated/α-hetero) is 1. The molecule has 0 spiro atoms. The van der Waals surface area contributed by atoms with Gasteiger partial charge in [0.15, 0.2) is 5.60 Å². The van der Waals surface area contributed by atoms with Crippen molar-refractivity contribution in [1.29, 1.82) is 0 Å². The summed E-state index contributed by atoms with van der Waals surface area (Å²) in [4.78, 5) is 50.3. The number of esters is 1. The molecule has 10 heteroatoms. The number of unbranched alkanes of at least 4 members (excludes halogenated alkanes) is 9. The lowest BCUT2D eigenvalue weighted by Gasteiger charge is -2.30. The van der Waals surface area contributed by atoms with Crippen LogP contribution in [0, 0.1) is 5.92 Å². The summed E-state index contributed by atoms with van der Waals surface area (Å²) in [6, 6.07) is 5.93. The first kappa shape index (κ1) is 40.8. The maximum atomic E-state index is 13.5. The Morgan fingerprint density at radius 3 is 2.07 bits per heavy atom. The van der Waals surface area contributed by atoms with Gasteiger partial charge in [-0.05, 0) is 49.8 Å². The molecule has 0 saturated heterocycles. The molecule has 0 heterocycles. The average Bonchev–Trinajstić information content (AvgIpc) is 3.04. The Kier molecular flexibility index (Phi) is 21.3. The van der Waals surface area contributed by atoms with Crippen molar-refractivity contribution in [2.75, 3.05) is 20.3 Å². The fraction of sp³-hybridized carbons (Fsp3) is 0.667. The number of aliphatic hydroxyl groups excluding tert-OH is 1. The van der Waals surface area contributed by atoms with Crippen molar-refractivity contribution in [2.24, 2.45) is 5.92 Å². The van der Waals surface area contributed by atoms with Crippen LogP contribution in [0.5, 0.6) is 5.75 Å². The van der Waals surface area contributed by atoms with E-state index in [-0.39, 0.29) is 6.42 Å². The zero-order chi connectivity index (χ0) is 34.2. The lowest BCUT2D eigenvalue weighted by atomic mass is 9.83. The van der Waals surface area contributed by atoms with E-state index in [4.69, 9.17) is 9.47 Å². The molecule has 0 fully saturated rings. The minimum atomic E-state index is -2.59. The Hall–Kier alpha value is -3.24. The standard InChI is InChI=1S/C36H57NO9/c1-4-6-8-11-14-17-29(39)18-15-12-9-10-13-16-19-31(36(44,24-25-38)35(42)43)33(40)37-32(34(41)45-3)27-28-20-22-30(23-21-28)46-26-7-5-2/h16,19-23,31-32,38,44H,4-15,17-18,24-27H2,1-3H3,(H,37,40)(H,42,43)/b19-16+/t31?,32-,36?/m0/s1. The number of allylic oxidation sites excluding steroid dienone is 1. The normalized spacial score (nSPS) is 13.9. The first-order valence-corrected chi connectivity index (χ1v) is 17.0. The number of hydrogen-bond donors (Lipinski definition) is 4. The number of amides is 1. The number of carboxylic acid groups (broad SMARTS) is 1. The molecule has 0 aliphatic carbocycles. The molecule has 1 aromatic carbocycles. The zero-order valence-corrected chi connectivity index (χ0v) is 28.1. The van der Waals surface area contributed by atoms with E-state index in [1.54, 1.807) is 30.3 Å². The molecule has 1 aromatic rings. The zero-order valence-electron chi connectivity index (χ0n) is 28.1. The van der Waals surface area contributed by atoms with Crippen LogP contribution in [0.3, 0.4) is 0 Å². The number of ketones is 1. The van der Waals surface area contributed by atoms with E-state index in [1.807, 2.05) is 0 Å². The number of aliphatic carboxylic acids is 1. The van der Waals surface area contributed by atoms with Crippen molar-refractivity contribution in [3.63, 3.8) is 0 Å². The van der Waals surface area contributed by atoms with Crippen LogP contribution in [0.2, 0.25) is 0 Å². The summed E-state index contributed by atoms with van der Waals surface area (Å²) in [5, 5.41) is 32.9. The molecular formula is C36H57NO9. The van der Waals surface area contributed by atoms with Crippen molar-refractivity contribution in [3.8, 4) is 5.75 Å². The number of rotatable bonds is 27. The van der Waals surface area contributed by atoms with E-state index in [1.165, 1.54) is 32.4 Å². The van der Waals surface area contributed by atoms with Crippen LogP contribution in [-0.4, -0.2) is 70.9 Å². The van der Waals surface area contributed by atoms with Crippen molar-refractivity contribution in [3.05, 3.63) is 42.0 Å². The van der Waals surface area contributed by atoms with Gasteiger partial charge in [0.05, 0.1) is 19.6 Å². The van der Waals surface area contributed by atoms with Gasteiger partial charge in [-0.15, -0.1) is 0 Å². The van der Waals surface area contributed by atoms with Crippen molar-refractivity contribution >= 4 is 23.6 Å². The summed E-state index contributed by atoms with van der Waals surface area (Å²) in [6.07, 6.45) is 15.1. The van der Waals surface area contributed by atoms with Gasteiger partial charge in [-0.2, -0.15) is 0 Å². The third-order valence-electron chi connectivity index (χ3n) is 8.06. The highest BCUT2D eigenvalue weighted by Crippen LogP contribution is 2.25. The van der Waals surface area contributed by atoms with Crippen LogP contribution < -0.4 is 10.1 Å². The van der Waals surface area contributed by atoms with Crippen molar-refractivity contribution in [1.82, 2.24) is 5.32 Å². The molecule has 0 aromatic heterocycles. The third kappa shape index (κ3) is 15.9. The highest BCUT2D eigenvalue weighted by Gasteiger charge is 2.47. The highest BCUT2D eigenvalue weighted by atomic mass is 16.5. The van der Waals surface area contributed by atoms with Crippen LogP contribution >= 0.6 is 0 Å². The highest BCUT2D eigenvalue weighted by molar-refractivity contribution is 5.92. The van der Waals surface area contributed by atoms with Gasteiger partial charge in [-0.3, -0.25) is 9.59 Å². The summed E-state index contributed by atoms with van der Waals surface area (Å²) >= 11 is 0. The molecule has 1 amide bonds. The Bertz CT molecular complexity index is 1060. The SMILES string of the molecule is CCCCCCCC(=O)CCCCCC/C=C/C(C(=O)N[C@@H](Cc1ccc(OCCCC)cc1)C(=O)OC)C(O)(CCO)C(=O)O. The third-order valence-corrected chi connectivity index (χ3v) is 8.06. The molecule has 0 bridgehead atoms. The van der Waals surface area contributed by atoms with Crippen LogP contribution in [0.1, 0.15) is 116 Å².